The lowest BCUT2D eigenvalue weighted by molar-refractivity contribution is -0.132. The van der Waals surface area contributed by atoms with Gasteiger partial charge in [0, 0.05) is 6.20 Å². The highest BCUT2D eigenvalue weighted by atomic mass is 35.5. The minimum Gasteiger partial charge on any atom is -0.478 e. The third-order valence-electron chi connectivity index (χ3n) is 2.65. The fraction of sp³-hybridized carbons (Fsp3) is 0.154. The van der Waals surface area contributed by atoms with E-state index in [-0.39, 0.29) is 0 Å². The molecule has 17 heavy (non-hydrogen) atoms. The Hall–Kier alpha value is -1.74. The number of carboxylic acids is 1. The van der Waals surface area contributed by atoms with Gasteiger partial charge in [0.25, 0.3) is 0 Å². The van der Waals surface area contributed by atoms with Crippen molar-refractivity contribution in [3.8, 4) is 0 Å². The molecule has 2 rings (SSSR count). The largest absolute Gasteiger partial charge is 0.478 e. The Morgan fingerprint density at radius 1 is 1.47 bits per heavy atom. The molecule has 1 heterocycles. The standard InChI is InChI=1S/C13H12ClNO2/c1-9-4-2-6-11(14)12(9)15-7-3-5-10(8-15)13(16)17/h2-7H,8H2,1H3,(H,16,17). The molecule has 1 aromatic rings. The minimum atomic E-state index is -0.899. The predicted molar refractivity (Wildman–Crippen MR) is 68.4 cm³/mol. The summed E-state index contributed by atoms with van der Waals surface area (Å²) < 4.78 is 0. The third kappa shape index (κ3) is 2.34. The number of rotatable bonds is 2. The number of aryl methyl sites for hydroxylation is 1. The van der Waals surface area contributed by atoms with E-state index in [0.29, 0.717) is 17.1 Å². The van der Waals surface area contributed by atoms with Crippen molar-refractivity contribution in [3.63, 3.8) is 0 Å². The van der Waals surface area contributed by atoms with Crippen LogP contribution >= 0.6 is 11.6 Å². The Morgan fingerprint density at radius 3 is 2.88 bits per heavy atom. The predicted octanol–water partition coefficient (Wildman–Crippen LogP) is 2.99. The third-order valence-corrected chi connectivity index (χ3v) is 2.96. The minimum absolute atomic E-state index is 0.330. The van der Waals surface area contributed by atoms with E-state index in [4.69, 9.17) is 16.7 Å². The molecule has 0 amide bonds. The van der Waals surface area contributed by atoms with E-state index in [1.807, 2.05) is 30.2 Å². The number of nitrogens with zero attached hydrogens (tertiary/aromatic N) is 1. The molecule has 0 bridgehead atoms. The Labute approximate surface area is 105 Å². The Balaban J connectivity index is 2.35. The van der Waals surface area contributed by atoms with Crippen LogP contribution in [0.25, 0.3) is 0 Å². The average molecular weight is 250 g/mol. The molecule has 1 aliphatic rings. The second-order valence-electron chi connectivity index (χ2n) is 3.87. The van der Waals surface area contributed by atoms with Crippen LogP contribution in [0.4, 0.5) is 5.69 Å². The van der Waals surface area contributed by atoms with Crippen molar-refractivity contribution >= 4 is 23.3 Å². The molecule has 0 saturated heterocycles. The second-order valence-corrected chi connectivity index (χ2v) is 4.28. The molecule has 0 aliphatic carbocycles. The maximum absolute atomic E-state index is 10.9. The van der Waals surface area contributed by atoms with Crippen molar-refractivity contribution in [2.45, 2.75) is 6.92 Å². The Bertz CT molecular complexity index is 500. The molecule has 1 aliphatic heterocycles. The summed E-state index contributed by atoms with van der Waals surface area (Å²) in [6.07, 6.45) is 5.15. The van der Waals surface area contributed by atoms with E-state index >= 15 is 0 Å². The molecule has 0 saturated carbocycles. The number of anilines is 1. The fourth-order valence-electron chi connectivity index (χ4n) is 1.83. The van der Waals surface area contributed by atoms with Gasteiger partial charge in [-0.05, 0) is 30.7 Å². The molecule has 0 aromatic heterocycles. The van der Waals surface area contributed by atoms with Crippen LogP contribution in [0, 0.1) is 6.92 Å². The van der Waals surface area contributed by atoms with Gasteiger partial charge < -0.3 is 10.0 Å². The van der Waals surface area contributed by atoms with Gasteiger partial charge in [-0.1, -0.05) is 23.7 Å². The SMILES string of the molecule is Cc1cccc(Cl)c1N1C=CC=C(C(=O)O)C1. The summed E-state index contributed by atoms with van der Waals surface area (Å²) in [6.45, 7) is 2.28. The lowest BCUT2D eigenvalue weighted by Crippen LogP contribution is -2.25. The topological polar surface area (TPSA) is 40.5 Å². The number of hydrogen-bond acceptors (Lipinski definition) is 2. The van der Waals surface area contributed by atoms with Crippen molar-refractivity contribution in [3.05, 3.63) is 52.7 Å². The van der Waals surface area contributed by atoms with E-state index in [9.17, 15) is 4.79 Å². The summed E-state index contributed by atoms with van der Waals surface area (Å²) in [6, 6.07) is 5.63. The van der Waals surface area contributed by atoms with Gasteiger partial charge in [0.1, 0.15) is 0 Å². The van der Waals surface area contributed by atoms with Crippen LogP contribution in [0.15, 0.2) is 42.1 Å². The molecule has 1 aromatic carbocycles. The van der Waals surface area contributed by atoms with Gasteiger partial charge in [0.05, 0.1) is 22.8 Å². The van der Waals surface area contributed by atoms with Gasteiger partial charge in [0.2, 0.25) is 0 Å². The first-order valence-corrected chi connectivity index (χ1v) is 5.60. The summed E-state index contributed by atoms with van der Waals surface area (Å²) >= 11 is 6.15. The van der Waals surface area contributed by atoms with E-state index in [0.717, 1.165) is 11.3 Å². The smallest absolute Gasteiger partial charge is 0.333 e. The number of benzene rings is 1. The summed E-state index contributed by atoms with van der Waals surface area (Å²) in [5.41, 5.74) is 2.23. The molecule has 1 N–H and O–H groups in total. The lowest BCUT2D eigenvalue weighted by atomic mass is 10.1. The molecule has 0 fully saturated rings. The van der Waals surface area contributed by atoms with Crippen LogP contribution in [-0.2, 0) is 4.79 Å². The van der Waals surface area contributed by atoms with Crippen molar-refractivity contribution in [1.29, 1.82) is 0 Å². The van der Waals surface area contributed by atoms with Crippen LogP contribution in [0.5, 0.6) is 0 Å². The van der Waals surface area contributed by atoms with Gasteiger partial charge in [-0.15, -0.1) is 0 Å². The van der Waals surface area contributed by atoms with Gasteiger partial charge in [0.15, 0.2) is 0 Å². The maximum Gasteiger partial charge on any atom is 0.333 e. The molecule has 3 nitrogen and oxygen atoms in total. The van der Waals surface area contributed by atoms with Crippen LogP contribution in [0.3, 0.4) is 0 Å². The van der Waals surface area contributed by atoms with E-state index < -0.39 is 5.97 Å². The first-order valence-electron chi connectivity index (χ1n) is 5.22. The highest BCUT2D eigenvalue weighted by molar-refractivity contribution is 6.33. The zero-order valence-corrected chi connectivity index (χ0v) is 10.1. The quantitative estimate of drug-likeness (QED) is 0.876. The number of carboxylic acid groups (broad SMARTS) is 1. The van der Waals surface area contributed by atoms with E-state index in [1.165, 1.54) is 0 Å². The number of hydrogen-bond donors (Lipinski definition) is 1. The maximum atomic E-state index is 10.9. The van der Waals surface area contributed by atoms with Crippen LogP contribution < -0.4 is 4.90 Å². The molecule has 0 unspecified atom stereocenters. The van der Waals surface area contributed by atoms with Gasteiger partial charge >= 0.3 is 5.97 Å². The summed E-state index contributed by atoms with van der Waals surface area (Å²) in [4.78, 5) is 12.8. The molecule has 4 heteroatoms. The normalized spacial score (nSPS) is 14.7. The van der Waals surface area contributed by atoms with Crippen molar-refractivity contribution < 1.29 is 9.90 Å². The lowest BCUT2D eigenvalue weighted by Gasteiger charge is -2.25. The van der Waals surface area contributed by atoms with Crippen LogP contribution in [0.1, 0.15) is 5.56 Å². The number of halogens is 1. The monoisotopic (exact) mass is 249 g/mol. The van der Waals surface area contributed by atoms with Gasteiger partial charge in [-0.25, -0.2) is 4.79 Å². The number of carbonyl (C=O) groups is 1. The first kappa shape index (κ1) is 11.7. The van der Waals surface area contributed by atoms with Crippen LogP contribution in [-0.4, -0.2) is 17.6 Å². The zero-order valence-electron chi connectivity index (χ0n) is 9.35. The molecule has 0 spiro atoms. The van der Waals surface area contributed by atoms with Crippen LogP contribution in [0.2, 0.25) is 5.02 Å². The van der Waals surface area contributed by atoms with Gasteiger partial charge in [-0.3, -0.25) is 0 Å². The number of allylic oxidation sites excluding steroid dienone is 2. The summed E-state index contributed by atoms with van der Waals surface area (Å²) in [7, 11) is 0. The van der Waals surface area contributed by atoms with Gasteiger partial charge in [-0.2, -0.15) is 0 Å². The Morgan fingerprint density at radius 2 is 2.24 bits per heavy atom. The molecular formula is C13H12ClNO2. The van der Waals surface area contributed by atoms with E-state index in [1.54, 1.807) is 18.2 Å². The number of para-hydroxylation sites is 1. The highest BCUT2D eigenvalue weighted by Crippen LogP contribution is 2.31. The first-order chi connectivity index (χ1) is 8.09. The molecule has 88 valence electrons. The Kier molecular flexibility index (Phi) is 3.20. The fourth-order valence-corrected chi connectivity index (χ4v) is 2.16. The molecular weight excluding hydrogens is 238 g/mol. The van der Waals surface area contributed by atoms with E-state index in [2.05, 4.69) is 0 Å². The summed E-state index contributed by atoms with van der Waals surface area (Å²) in [5, 5.41) is 9.61. The van der Waals surface area contributed by atoms with Crippen molar-refractivity contribution in [2.75, 3.05) is 11.4 Å². The summed E-state index contributed by atoms with van der Waals surface area (Å²) in [5.74, 6) is -0.899. The molecule has 0 radical (unpaired) electrons. The highest BCUT2D eigenvalue weighted by Gasteiger charge is 2.17. The molecule has 0 atom stereocenters. The van der Waals surface area contributed by atoms with Crippen molar-refractivity contribution in [2.24, 2.45) is 0 Å². The number of aliphatic carboxylic acids is 1. The van der Waals surface area contributed by atoms with Crippen molar-refractivity contribution in [1.82, 2.24) is 0 Å². The zero-order chi connectivity index (χ0) is 12.4. The average Bonchev–Trinajstić information content (AvgIpc) is 2.29. The second kappa shape index (κ2) is 4.63.